The van der Waals surface area contributed by atoms with Crippen LogP contribution in [0, 0.1) is 0 Å². The summed E-state index contributed by atoms with van der Waals surface area (Å²) in [7, 11) is 0. The van der Waals surface area contributed by atoms with Crippen molar-refractivity contribution in [3.05, 3.63) is 53.1 Å². The van der Waals surface area contributed by atoms with Crippen molar-refractivity contribution in [1.29, 1.82) is 0 Å². The van der Waals surface area contributed by atoms with E-state index >= 15 is 0 Å². The highest BCUT2D eigenvalue weighted by molar-refractivity contribution is 6.30. The third kappa shape index (κ3) is 4.45. The van der Waals surface area contributed by atoms with Gasteiger partial charge in [0.2, 0.25) is 5.88 Å². The summed E-state index contributed by atoms with van der Waals surface area (Å²) < 4.78 is 5.66. The molecule has 0 amide bonds. The quantitative estimate of drug-likeness (QED) is 0.861. The van der Waals surface area contributed by atoms with E-state index in [9.17, 15) is 0 Å². The van der Waals surface area contributed by atoms with Gasteiger partial charge in [-0.05, 0) is 30.2 Å². The Bertz CT molecular complexity index is 531. The Labute approximate surface area is 118 Å². The van der Waals surface area contributed by atoms with Gasteiger partial charge in [-0.2, -0.15) is 4.98 Å². The Morgan fingerprint density at radius 3 is 2.84 bits per heavy atom. The number of hydrogen-bond donors (Lipinski definition) is 1. The zero-order chi connectivity index (χ0) is 13.5. The first-order valence-corrected chi connectivity index (χ1v) is 6.74. The van der Waals surface area contributed by atoms with Crippen molar-refractivity contribution >= 4 is 17.4 Å². The Morgan fingerprint density at radius 2 is 2.05 bits per heavy atom. The molecule has 2 rings (SSSR count). The van der Waals surface area contributed by atoms with Gasteiger partial charge in [-0.3, -0.25) is 0 Å². The van der Waals surface area contributed by atoms with Gasteiger partial charge in [0, 0.05) is 17.6 Å². The van der Waals surface area contributed by atoms with Gasteiger partial charge in [0.1, 0.15) is 12.4 Å². The van der Waals surface area contributed by atoms with Gasteiger partial charge in [-0.15, -0.1) is 0 Å². The van der Waals surface area contributed by atoms with Gasteiger partial charge in [-0.1, -0.05) is 36.7 Å². The lowest BCUT2D eigenvalue weighted by atomic mass is 10.2. The van der Waals surface area contributed by atoms with Gasteiger partial charge in [0.15, 0.2) is 0 Å². The molecule has 19 heavy (non-hydrogen) atoms. The van der Waals surface area contributed by atoms with Crippen LogP contribution in [-0.4, -0.2) is 11.5 Å². The fraction of sp³-hybridized carbons (Fsp3) is 0.267. The molecule has 1 aromatic heterocycles. The van der Waals surface area contributed by atoms with E-state index in [4.69, 9.17) is 16.3 Å². The van der Waals surface area contributed by atoms with Crippen LogP contribution >= 0.6 is 11.6 Å². The average molecular weight is 277 g/mol. The molecule has 3 nitrogen and oxygen atoms in total. The Morgan fingerprint density at radius 1 is 1.21 bits per heavy atom. The van der Waals surface area contributed by atoms with Crippen molar-refractivity contribution < 1.29 is 4.74 Å². The number of rotatable bonds is 6. The largest absolute Gasteiger partial charge is 0.473 e. The number of hydrogen-bond acceptors (Lipinski definition) is 3. The van der Waals surface area contributed by atoms with Crippen LogP contribution in [0.15, 0.2) is 42.5 Å². The van der Waals surface area contributed by atoms with Crippen molar-refractivity contribution in [2.45, 2.75) is 20.0 Å². The van der Waals surface area contributed by atoms with Crippen molar-refractivity contribution in [2.24, 2.45) is 0 Å². The molecule has 100 valence electrons. The van der Waals surface area contributed by atoms with Crippen LogP contribution in [0.2, 0.25) is 5.02 Å². The van der Waals surface area contributed by atoms with Gasteiger partial charge >= 0.3 is 0 Å². The molecule has 0 aliphatic heterocycles. The fourth-order valence-corrected chi connectivity index (χ4v) is 1.84. The summed E-state index contributed by atoms with van der Waals surface area (Å²) in [6.07, 6.45) is 1.06. The zero-order valence-corrected chi connectivity index (χ0v) is 11.7. The lowest BCUT2D eigenvalue weighted by molar-refractivity contribution is 0.294. The minimum Gasteiger partial charge on any atom is -0.473 e. The monoisotopic (exact) mass is 276 g/mol. The third-order valence-corrected chi connectivity index (χ3v) is 2.79. The van der Waals surface area contributed by atoms with E-state index in [0.29, 0.717) is 17.5 Å². The van der Waals surface area contributed by atoms with E-state index in [0.717, 1.165) is 24.3 Å². The molecule has 0 atom stereocenters. The van der Waals surface area contributed by atoms with Crippen LogP contribution in [0.3, 0.4) is 0 Å². The van der Waals surface area contributed by atoms with Crippen LogP contribution < -0.4 is 10.1 Å². The highest BCUT2D eigenvalue weighted by Gasteiger charge is 2.00. The molecule has 1 N–H and O–H groups in total. The molecule has 1 aromatic carbocycles. The number of benzene rings is 1. The summed E-state index contributed by atoms with van der Waals surface area (Å²) in [4.78, 5) is 4.38. The first-order chi connectivity index (χ1) is 9.28. The zero-order valence-electron chi connectivity index (χ0n) is 10.9. The van der Waals surface area contributed by atoms with Crippen molar-refractivity contribution in [3.8, 4) is 5.88 Å². The summed E-state index contributed by atoms with van der Waals surface area (Å²) in [5, 5.41) is 3.94. The lowest BCUT2D eigenvalue weighted by Crippen LogP contribution is -2.03. The molecule has 4 heteroatoms. The molecule has 2 aromatic rings. The first-order valence-electron chi connectivity index (χ1n) is 6.36. The van der Waals surface area contributed by atoms with Gasteiger partial charge < -0.3 is 10.1 Å². The highest BCUT2D eigenvalue weighted by atomic mass is 35.5. The van der Waals surface area contributed by atoms with E-state index in [2.05, 4.69) is 17.2 Å². The summed E-state index contributed by atoms with van der Waals surface area (Å²) in [5.41, 5.74) is 1.03. The summed E-state index contributed by atoms with van der Waals surface area (Å²) in [6, 6.07) is 13.3. The SMILES string of the molecule is CCCNc1cccc(OCc2cccc(Cl)c2)n1. The van der Waals surface area contributed by atoms with Crippen molar-refractivity contribution in [1.82, 2.24) is 4.98 Å². The maximum Gasteiger partial charge on any atom is 0.215 e. The highest BCUT2D eigenvalue weighted by Crippen LogP contribution is 2.15. The average Bonchev–Trinajstić information content (AvgIpc) is 2.43. The smallest absolute Gasteiger partial charge is 0.215 e. The van der Waals surface area contributed by atoms with Crippen LogP contribution in [0.1, 0.15) is 18.9 Å². The minimum absolute atomic E-state index is 0.463. The Hall–Kier alpha value is -1.74. The molecule has 0 aliphatic carbocycles. The summed E-state index contributed by atoms with van der Waals surface area (Å²) in [6.45, 7) is 3.49. The molecular weight excluding hydrogens is 260 g/mol. The number of nitrogens with one attached hydrogen (secondary N) is 1. The van der Waals surface area contributed by atoms with Crippen LogP contribution in [-0.2, 0) is 6.61 Å². The second-order valence-corrected chi connectivity index (χ2v) is 4.64. The van der Waals surface area contributed by atoms with Crippen molar-refractivity contribution in [2.75, 3.05) is 11.9 Å². The Kier molecular flexibility index (Phi) is 5.04. The topological polar surface area (TPSA) is 34.1 Å². The molecule has 0 saturated heterocycles. The number of ether oxygens (including phenoxy) is 1. The molecule has 0 aliphatic rings. The number of nitrogens with zero attached hydrogens (tertiary/aromatic N) is 1. The summed E-state index contributed by atoms with van der Waals surface area (Å²) >= 11 is 5.93. The predicted octanol–water partition coefficient (Wildman–Crippen LogP) is 4.14. The fourth-order valence-electron chi connectivity index (χ4n) is 1.63. The van der Waals surface area contributed by atoms with E-state index in [1.807, 2.05) is 42.5 Å². The molecule has 0 saturated carbocycles. The minimum atomic E-state index is 0.463. The van der Waals surface area contributed by atoms with Crippen molar-refractivity contribution in [3.63, 3.8) is 0 Å². The molecular formula is C15H17ClN2O. The molecule has 1 heterocycles. The molecule has 0 bridgehead atoms. The first kappa shape index (κ1) is 13.7. The number of pyridine rings is 1. The number of aromatic nitrogens is 1. The molecule has 0 radical (unpaired) electrons. The maximum absolute atomic E-state index is 5.93. The molecule has 0 spiro atoms. The van der Waals surface area contributed by atoms with Crippen LogP contribution in [0.4, 0.5) is 5.82 Å². The molecule has 0 unspecified atom stereocenters. The second-order valence-electron chi connectivity index (χ2n) is 4.21. The van der Waals surface area contributed by atoms with Gasteiger partial charge in [0.05, 0.1) is 0 Å². The number of anilines is 1. The van der Waals surface area contributed by atoms with Gasteiger partial charge in [0.25, 0.3) is 0 Å². The van der Waals surface area contributed by atoms with E-state index in [1.54, 1.807) is 0 Å². The van der Waals surface area contributed by atoms with E-state index < -0.39 is 0 Å². The van der Waals surface area contributed by atoms with E-state index in [-0.39, 0.29) is 0 Å². The molecule has 0 fully saturated rings. The second kappa shape index (κ2) is 7.00. The standard InChI is InChI=1S/C15H17ClN2O/c1-2-9-17-14-7-4-8-15(18-14)19-11-12-5-3-6-13(16)10-12/h3-8,10H,2,9,11H2,1H3,(H,17,18). The van der Waals surface area contributed by atoms with Gasteiger partial charge in [-0.25, -0.2) is 0 Å². The third-order valence-electron chi connectivity index (χ3n) is 2.56. The van der Waals surface area contributed by atoms with E-state index in [1.165, 1.54) is 0 Å². The lowest BCUT2D eigenvalue weighted by Gasteiger charge is -2.08. The maximum atomic E-state index is 5.93. The van der Waals surface area contributed by atoms with Crippen LogP contribution in [0.5, 0.6) is 5.88 Å². The normalized spacial score (nSPS) is 10.2. The number of halogens is 1. The predicted molar refractivity (Wildman–Crippen MR) is 78.8 cm³/mol. The Balaban J connectivity index is 1.95. The summed E-state index contributed by atoms with van der Waals surface area (Å²) in [5.74, 6) is 1.45. The van der Waals surface area contributed by atoms with Crippen LogP contribution in [0.25, 0.3) is 0 Å².